The van der Waals surface area contributed by atoms with Crippen LogP contribution in [0.4, 0.5) is 0 Å². The van der Waals surface area contributed by atoms with Crippen molar-refractivity contribution in [3.63, 3.8) is 0 Å². The van der Waals surface area contributed by atoms with E-state index in [4.69, 9.17) is 5.84 Å². The molecule has 0 bridgehead atoms. The average Bonchev–Trinajstić information content (AvgIpc) is 2.35. The molecular weight excluding hydrogens is 220 g/mol. The summed E-state index contributed by atoms with van der Waals surface area (Å²) >= 11 is 2.03. The first-order chi connectivity index (χ1) is 7.44. The van der Waals surface area contributed by atoms with Gasteiger partial charge in [-0.1, -0.05) is 13.8 Å². The van der Waals surface area contributed by atoms with Crippen molar-refractivity contribution in [2.24, 2.45) is 10.8 Å². The van der Waals surface area contributed by atoms with Gasteiger partial charge in [0.2, 0.25) is 5.96 Å². The van der Waals surface area contributed by atoms with E-state index in [1.54, 1.807) is 0 Å². The van der Waals surface area contributed by atoms with Gasteiger partial charge in [-0.2, -0.15) is 11.8 Å². The Kier molecular flexibility index (Phi) is 4.92. The minimum atomic E-state index is 0.273. The van der Waals surface area contributed by atoms with Gasteiger partial charge in [-0.05, 0) is 20.3 Å². The van der Waals surface area contributed by atoms with Crippen molar-refractivity contribution >= 4 is 17.7 Å². The Balaban J connectivity index is 2.66. The van der Waals surface area contributed by atoms with E-state index in [-0.39, 0.29) is 6.04 Å². The van der Waals surface area contributed by atoms with Crippen LogP contribution in [0.2, 0.25) is 0 Å². The summed E-state index contributed by atoms with van der Waals surface area (Å²) in [4.78, 5) is 6.76. The number of nitrogens with two attached hydrogens (primary N) is 1. The minimum Gasteiger partial charge on any atom is -0.341 e. The smallest absolute Gasteiger partial charge is 0.208 e. The Bertz CT molecular complexity index is 250. The van der Waals surface area contributed by atoms with E-state index < -0.39 is 0 Å². The molecule has 5 heteroatoms. The molecule has 0 saturated carbocycles. The summed E-state index contributed by atoms with van der Waals surface area (Å²) < 4.78 is 0.367. The monoisotopic (exact) mass is 244 g/mol. The highest BCUT2D eigenvalue weighted by Gasteiger charge is 2.24. The Hall–Kier alpha value is -0.420. The van der Waals surface area contributed by atoms with Crippen molar-refractivity contribution < 1.29 is 0 Å². The molecule has 0 aromatic heterocycles. The zero-order chi connectivity index (χ0) is 12.2. The lowest BCUT2D eigenvalue weighted by Gasteiger charge is -2.25. The zero-order valence-electron chi connectivity index (χ0n) is 10.8. The third-order valence-corrected chi connectivity index (χ3v) is 4.02. The van der Waals surface area contributed by atoms with Crippen LogP contribution in [0.3, 0.4) is 0 Å². The van der Waals surface area contributed by atoms with Gasteiger partial charge in [0.25, 0.3) is 0 Å². The maximum atomic E-state index is 5.54. The topological polar surface area (TPSA) is 53.6 Å². The molecule has 0 spiro atoms. The van der Waals surface area contributed by atoms with Crippen molar-refractivity contribution in [2.75, 3.05) is 18.8 Å². The molecule has 4 nitrogen and oxygen atoms in total. The zero-order valence-corrected chi connectivity index (χ0v) is 11.6. The van der Waals surface area contributed by atoms with Crippen molar-refractivity contribution in [1.29, 1.82) is 0 Å². The fourth-order valence-electron chi connectivity index (χ4n) is 1.69. The molecule has 1 aliphatic rings. The highest BCUT2D eigenvalue weighted by Crippen LogP contribution is 2.30. The van der Waals surface area contributed by atoms with Crippen LogP contribution in [0.1, 0.15) is 34.1 Å². The van der Waals surface area contributed by atoms with Gasteiger partial charge in [-0.15, -0.1) is 0 Å². The summed E-state index contributed by atoms with van der Waals surface area (Å²) in [5.74, 6) is 7.50. The number of thioether (sulfide) groups is 1. The lowest BCUT2D eigenvalue weighted by Crippen LogP contribution is -2.46. The molecule has 1 aliphatic heterocycles. The second-order valence-corrected chi connectivity index (χ2v) is 6.84. The molecule has 1 fully saturated rings. The van der Waals surface area contributed by atoms with Gasteiger partial charge in [-0.3, -0.25) is 5.43 Å². The third kappa shape index (κ3) is 4.22. The van der Waals surface area contributed by atoms with Crippen LogP contribution in [-0.2, 0) is 0 Å². The quantitative estimate of drug-likeness (QED) is 0.317. The first kappa shape index (κ1) is 13.6. The van der Waals surface area contributed by atoms with E-state index in [0.717, 1.165) is 31.2 Å². The first-order valence-corrected chi connectivity index (χ1v) is 6.86. The van der Waals surface area contributed by atoms with Gasteiger partial charge in [0.05, 0.1) is 0 Å². The number of guanidine groups is 1. The van der Waals surface area contributed by atoms with Crippen LogP contribution < -0.4 is 11.3 Å². The summed E-state index contributed by atoms with van der Waals surface area (Å²) in [7, 11) is 0. The summed E-state index contributed by atoms with van der Waals surface area (Å²) in [6.07, 6.45) is 1.16. The Labute approximate surface area is 103 Å². The molecule has 0 radical (unpaired) electrons. The van der Waals surface area contributed by atoms with E-state index in [2.05, 4.69) is 43.0 Å². The van der Waals surface area contributed by atoms with Crippen LogP contribution >= 0.6 is 11.8 Å². The maximum absolute atomic E-state index is 5.54. The number of hydrogen-bond acceptors (Lipinski definition) is 3. The molecule has 0 atom stereocenters. The van der Waals surface area contributed by atoms with Crippen molar-refractivity contribution in [3.05, 3.63) is 0 Å². The molecule has 0 aromatic carbocycles. The standard InChI is InChI=1S/C11H24N4S/c1-9(2)13-10(14-12)15-6-5-11(3,4)16-8-7-15/h9H,5-8,12H2,1-4H3,(H,13,14). The van der Waals surface area contributed by atoms with Gasteiger partial charge < -0.3 is 4.90 Å². The van der Waals surface area contributed by atoms with Gasteiger partial charge in [0, 0.05) is 29.6 Å². The normalized spacial score (nSPS) is 22.1. The molecule has 3 N–H and O–H groups in total. The van der Waals surface area contributed by atoms with E-state index in [1.165, 1.54) is 0 Å². The summed E-state index contributed by atoms with van der Waals surface area (Å²) in [6.45, 7) is 10.8. The maximum Gasteiger partial charge on any atom is 0.208 e. The van der Waals surface area contributed by atoms with E-state index in [0.29, 0.717) is 4.75 Å². The molecule has 0 aromatic rings. The van der Waals surface area contributed by atoms with Gasteiger partial charge in [0.1, 0.15) is 0 Å². The molecule has 1 rings (SSSR count). The predicted molar refractivity (Wildman–Crippen MR) is 72.6 cm³/mol. The number of hydrazine groups is 1. The van der Waals surface area contributed by atoms with Crippen molar-refractivity contribution in [1.82, 2.24) is 10.3 Å². The lowest BCUT2D eigenvalue weighted by molar-refractivity contribution is 0.406. The highest BCUT2D eigenvalue weighted by atomic mass is 32.2. The van der Waals surface area contributed by atoms with Crippen LogP contribution in [0, 0.1) is 0 Å². The largest absolute Gasteiger partial charge is 0.341 e. The number of hydrogen-bond donors (Lipinski definition) is 2. The molecule has 0 aliphatic carbocycles. The van der Waals surface area contributed by atoms with Crippen LogP contribution in [0.15, 0.2) is 4.99 Å². The Morgan fingerprint density at radius 1 is 1.44 bits per heavy atom. The first-order valence-electron chi connectivity index (χ1n) is 5.88. The van der Waals surface area contributed by atoms with Gasteiger partial charge in [0.15, 0.2) is 0 Å². The summed E-state index contributed by atoms with van der Waals surface area (Å²) in [5, 5.41) is 0. The van der Waals surface area contributed by atoms with E-state index in [9.17, 15) is 0 Å². The lowest BCUT2D eigenvalue weighted by atomic mass is 10.1. The van der Waals surface area contributed by atoms with Gasteiger partial charge in [-0.25, -0.2) is 10.8 Å². The minimum absolute atomic E-state index is 0.273. The fourth-order valence-corrected chi connectivity index (χ4v) is 2.79. The Morgan fingerprint density at radius 3 is 2.69 bits per heavy atom. The summed E-state index contributed by atoms with van der Waals surface area (Å²) in [6, 6.07) is 0.273. The van der Waals surface area contributed by atoms with E-state index >= 15 is 0 Å². The predicted octanol–water partition coefficient (Wildman–Crippen LogP) is 1.43. The van der Waals surface area contributed by atoms with Crippen LogP contribution in [-0.4, -0.2) is 40.5 Å². The van der Waals surface area contributed by atoms with Crippen LogP contribution in [0.5, 0.6) is 0 Å². The second kappa shape index (κ2) is 5.77. The van der Waals surface area contributed by atoms with Crippen molar-refractivity contribution in [2.45, 2.75) is 44.9 Å². The average molecular weight is 244 g/mol. The number of rotatable bonds is 1. The van der Waals surface area contributed by atoms with Crippen molar-refractivity contribution in [3.8, 4) is 0 Å². The molecule has 1 saturated heterocycles. The molecule has 1 heterocycles. The third-order valence-electron chi connectivity index (χ3n) is 2.65. The van der Waals surface area contributed by atoms with Crippen LogP contribution in [0.25, 0.3) is 0 Å². The number of nitrogens with one attached hydrogen (secondary N) is 1. The summed E-state index contributed by atoms with van der Waals surface area (Å²) in [5.41, 5.74) is 2.72. The molecule has 0 unspecified atom stereocenters. The molecule has 0 amide bonds. The van der Waals surface area contributed by atoms with Gasteiger partial charge >= 0.3 is 0 Å². The second-order valence-electron chi connectivity index (χ2n) is 5.04. The molecular formula is C11H24N4S. The Morgan fingerprint density at radius 2 is 2.12 bits per heavy atom. The highest BCUT2D eigenvalue weighted by molar-refractivity contribution is 8.00. The number of nitrogens with zero attached hydrogens (tertiary/aromatic N) is 2. The van der Waals surface area contributed by atoms with E-state index in [1.807, 2.05) is 11.8 Å². The fraction of sp³-hybridized carbons (Fsp3) is 0.909. The number of aliphatic imine (C=N–C) groups is 1. The molecule has 16 heavy (non-hydrogen) atoms. The molecule has 94 valence electrons. The SMILES string of the molecule is CC(C)N=C(NN)N1CCSC(C)(C)CC1.